The molecule has 2 aromatic rings. The smallest absolute Gasteiger partial charge is 0.308 e. The molecule has 3 rings (SSSR count). The van der Waals surface area contributed by atoms with Crippen molar-refractivity contribution in [3.63, 3.8) is 0 Å². The summed E-state index contributed by atoms with van der Waals surface area (Å²) in [6, 6.07) is 13.5. The van der Waals surface area contributed by atoms with Gasteiger partial charge >= 0.3 is 5.97 Å². The van der Waals surface area contributed by atoms with Gasteiger partial charge in [-0.1, -0.05) is 30.3 Å². The third-order valence-corrected chi connectivity index (χ3v) is 4.39. The standard InChI is InChI=1S/C19H20N2O3/c22-18(21-11-3-4-16(13-21)19(23)24)12-14-6-8-15(9-7-14)17-5-1-2-10-20-17/h1-2,5-10,16H,3-4,11-13H2,(H,23,24). The summed E-state index contributed by atoms with van der Waals surface area (Å²) in [7, 11) is 0. The molecule has 1 aliphatic heterocycles. The van der Waals surface area contributed by atoms with E-state index in [4.69, 9.17) is 5.11 Å². The summed E-state index contributed by atoms with van der Waals surface area (Å²) >= 11 is 0. The number of rotatable bonds is 4. The lowest BCUT2D eigenvalue weighted by Crippen LogP contribution is -2.42. The third kappa shape index (κ3) is 3.79. The molecule has 24 heavy (non-hydrogen) atoms. The lowest BCUT2D eigenvalue weighted by Gasteiger charge is -2.30. The average molecular weight is 324 g/mol. The summed E-state index contributed by atoms with van der Waals surface area (Å²) in [6.07, 6.45) is 3.45. The summed E-state index contributed by atoms with van der Waals surface area (Å²) in [6.45, 7) is 0.967. The monoisotopic (exact) mass is 324 g/mol. The van der Waals surface area contributed by atoms with Gasteiger partial charge in [-0.3, -0.25) is 14.6 Å². The zero-order valence-corrected chi connectivity index (χ0v) is 13.4. The fourth-order valence-electron chi connectivity index (χ4n) is 3.02. The van der Waals surface area contributed by atoms with Crippen molar-refractivity contribution in [2.45, 2.75) is 19.3 Å². The second kappa shape index (κ2) is 7.25. The van der Waals surface area contributed by atoms with Crippen LogP contribution in [0.25, 0.3) is 11.3 Å². The molecule has 0 radical (unpaired) electrons. The number of carbonyl (C=O) groups excluding carboxylic acids is 1. The van der Waals surface area contributed by atoms with Crippen molar-refractivity contribution in [3.05, 3.63) is 54.2 Å². The molecule has 0 bridgehead atoms. The Morgan fingerprint density at radius 3 is 2.62 bits per heavy atom. The summed E-state index contributed by atoms with van der Waals surface area (Å²) in [5.74, 6) is -1.26. The number of pyridine rings is 1. The van der Waals surface area contributed by atoms with Gasteiger partial charge in [0, 0.05) is 24.8 Å². The van der Waals surface area contributed by atoms with Crippen LogP contribution in [-0.2, 0) is 16.0 Å². The molecular formula is C19H20N2O3. The van der Waals surface area contributed by atoms with Crippen molar-refractivity contribution in [1.29, 1.82) is 0 Å². The van der Waals surface area contributed by atoms with Gasteiger partial charge in [-0.2, -0.15) is 0 Å². The molecule has 5 heteroatoms. The van der Waals surface area contributed by atoms with E-state index in [2.05, 4.69) is 4.98 Å². The number of hydrogen-bond donors (Lipinski definition) is 1. The van der Waals surface area contributed by atoms with Gasteiger partial charge in [-0.05, 0) is 30.5 Å². The van der Waals surface area contributed by atoms with Crippen LogP contribution in [-0.4, -0.2) is 40.0 Å². The fraction of sp³-hybridized carbons (Fsp3) is 0.316. The van der Waals surface area contributed by atoms with E-state index >= 15 is 0 Å². The molecule has 1 aromatic heterocycles. The Morgan fingerprint density at radius 1 is 1.17 bits per heavy atom. The van der Waals surface area contributed by atoms with E-state index in [1.165, 1.54) is 0 Å². The Hall–Kier alpha value is -2.69. The number of aliphatic carboxylic acids is 1. The van der Waals surface area contributed by atoms with E-state index in [0.717, 1.165) is 23.2 Å². The number of aromatic nitrogens is 1. The number of benzene rings is 1. The molecule has 1 fully saturated rings. The minimum absolute atomic E-state index is 0.00784. The zero-order valence-electron chi connectivity index (χ0n) is 13.4. The highest BCUT2D eigenvalue weighted by Gasteiger charge is 2.27. The number of amides is 1. The molecule has 1 saturated heterocycles. The van der Waals surface area contributed by atoms with Crippen LogP contribution in [0, 0.1) is 5.92 Å². The topological polar surface area (TPSA) is 70.5 Å². The minimum Gasteiger partial charge on any atom is -0.481 e. The molecule has 1 atom stereocenters. The van der Waals surface area contributed by atoms with Crippen molar-refractivity contribution >= 4 is 11.9 Å². The van der Waals surface area contributed by atoms with Gasteiger partial charge < -0.3 is 10.0 Å². The van der Waals surface area contributed by atoms with Crippen LogP contribution in [0.5, 0.6) is 0 Å². The van der Waals surface area contributed by atoms with E-state index < -0.39 is 11.9 Å². The third-order valence-electron chi connectivity index (χ3n) is 4.39. The fourth-order valence-corrected chi connectivity index (χ4v) is 3.02. The van der Waals surface area contributed by atoms with Crippen molar-refractivity contribution in [2.24, 2.45) is 5.92 Å². The summed E-state index contributed by atoms with van der Waals surface area (Å²) in [5.41, 5.74) is 2.84. The molecule has 1 aliphatic rings. The minimum atomic E-state index is -0.813. The second-order valence-electron chi connectivity index (χ2n) is 6.11. The molecule has 1 aromatic carbocycles. The van der Waals surface area contributed by atoms with Crippen LogP contribution in [0.3, 0.4) is 0 Å². The highest BCUT2D eigenvalue weighted by Crippen LogP contribution is 2.20. The number of carbonyl (C=O) groups is 2. The van der Waals surface area contributed by atoms with Gasteiger partial charge in [0.2, 0.25) is 5.91 Å². The number of carboxylic acids is 1. The second-order valence-corrected chi connectivity index (χ2v) is 6.11. The van der Waals surface area contributed by atoms with Gasteiger partial charge in [-0.15, -0.1) is 0 Å². The summed E-state index contributed by atoms with van der Waals surface area (Å²) in [5, 5.41) is 9.12. The highest BCUT2D eigenvalue weighted by atomic mass is 16.4. The predicted octanol–water partition coefficient (Wildman–Crippen LogP) is 2.61. The molecular weight excluding hydrogens is 304 g/mol. The molecule has 1 unspecified atom stereocenters. The van der Waals surface area contributed by atoms with Crippen LogP contribution in [0.1, 0.15) is 18.4 Å². The van der Waals surface area contributed by atoms with Gasteiger partial charge in [0.05, 0.1) is 18.0 Å². The molecule has 2 heterocycles. The van der Waals surface area contributed by atoms with Crippen LogP contribution in [0.2, 0.25) is 0 Å². The van der Waals surface area contributed by atoms with Crippen molar-refractivity contribution in [2.75, 3.05) is 13.1 Å². The van der Waals surface area contributed by atoms with E-state index in [0.29, 0.717) is 25.9 Å². The van der Waals surface area contributed by atoms with Gasteiger partial charge in [0.1, 0.15) is 0 Å². The Morgan fingerprint density at radius 2 is 1.96 bits per heavy atom. The zero-order chi connectivity index (χ0) is 16.9. The van der Waals surface area contributed by atoms with Crippen molar-refractivity contribution < 1.29 is 14.7 Å². The molecule has 0 spiro atoms. The molecule has 0 saturated carbocycles. The number of likely N-dealkylation sites (tertiary alicyclic amines) is 1. The van der Waals surface area contributed by atoms with E-state index in [9.17, 15) is 9.59 Å². The molecule has 1 amide bonds. The Bertz CT molecular complexity index is 713. The quantitative estimate of drug-likeness (QED) is 0.938. The SMILES string of the molecule is O=C(O)C1CCCN(C(=O)Cc2ccc(-c3ccccn3)cc2)C1. The average Bonchev–Trinajstić information content (AvgIpc) is 2.63. The van der Waals surface area contributed by atoms with Crippen LogP contribution in [0.15, 0.2) is 48.7 Å². The highest BCUT2D eigenvalue weighted by molar-refractivity contribution is 5.80. The Labute approximate surface area is 140 Å². The molecule has 0 aliphatic carbocycles. The number of hydrogen-bond acceptors (Lipinski definition) is 3. The first-order valence-corrected chi connectivity index (χ1v) is 8.14. The molecule has 124 valence electrons. The largest absolute Gasteiger partial charge is 0.481 e. The maximum Gasteiger partial charge on any atom is 0.308 e. The lowest BCUT2D eigenvalue weighted by molar-refractivity contribution is -0.145. The molecule has 5 nitrogen and oxygen atoms in total. The summed E-state index contributed by atoms with van der Waals surface area (Å²) in [4.78, 5) is 29.5. The van der Waals surface area contributed by atoms with E-state index in [-0.39, 0.29) is 5.91 Å². The first kappa shape index (κ1) is 16.2. The first-order valence-electron chi connectivity index (χ1n) is 8.14. The van der Waals surface area contributed by atoms with E-state index in [1.807, 2.05) is 42.5 Å². The van der Waals surface area contributed by atoms with Crippen molar-refractivity contribution in [3.8, 4) is 11.3 Å². The van der Waals surface area contributed by atoms with E-state index in [1.54, 1.807) is 11.1 Å². The van der Waals surface area contributed by atoms with Crippen molar-refractivity contribution in [1.82, 2.24) is 9.88 Å². The Kier molecular flexibility index (Phi) is 4.89. The van der Waals surface area contributed by atoms with Crippen LogP contribution >= 0.6 is 0 Å². The lowest BCUT2D eigenvalue weighted by atomic mass is 9.97. The van der Waals surface area contributed by atoms with Gasteiger partial charge in [-0.25, -0.2) is 0 Å². The Balaban J connectivity index is 1.63. The number of piperidine rings is 1. The number of carboxylic acid groups (broad SMARTS) is 1. The van der Waals surface area contributed by atoms with Crippen LogP contribution < -0.4 is 0 Å². The van der Waals surface area contributed by atoms with Crippen LogP contribution in [0.4, 0.5) is 0 Å². The maximum atomic E-state index is 12.4. The maximum absolute atomic E-state index is 12.4. The molecule has 1 N–H and O–H groups in total. The number of nitrogens with zero attached hydrogens (tertiary/aromatic N) is 2. The summed E-state index contributed by atoms with van der Waals surface area (Å²) < 4.78 is 0. The van der Waals surface area contributed by atoms with Gasteiger partial charge in [0.15, 0.2) is 0 Å². The van der Waals surface area contributed by atoms with Gasteiger partial charge in [0.25, 0.3) is 0 Å². The normalized spacial score (nSPS) is 17.5. The first-order chi connectivity index (χ1) is 11.6. The predicted molar refractivity (Wildman–Crippen MR) is 90.3 cm³/mol.